The zero-order chi connectivity index (χ0) is 20.4. The van der Waals surface area contributed by atoms with Gasteiger partial charge in [-0.3, -0.25) is 14.5 Å². The number of nitrogens with zero attached hydrogens (tertiary/aromatic N) is 4. The Morgan fingerprint density at radius 3 is 2.31 bits per heavy atom. The van der Waals surface area contributed by atoms with Crippen molar-refractivity contribution >= 4 is 17.9 Å². The first-order chi connectivity index (χ1) is 14.0. The number of piperazine rings is 1. The molecule has 3 aliphatic rings. The van der Waals surface area contributed by atoms with Crippen LogP contribution in [0.3, 0.4) is 0 Å². The van der Waals surface area contributed by atoms with Gasteiger partial charge < -0.3 is 14.4 Å². The van der Waals surface area contributed by atoms with E-state index in [4.69, 9.17) is 0 Å². The first-order valence-corrected chi connectivity index (χ1v) is 11.2. The molecule has 0 unspecified atom stereocenters. The lowest BCUT2D eigenvalue weighted by molar-refractivity contribution is -0.134. The van der Waals surface area contributed by atoms with Gasteiger partial charge in [0.05, 0.1) is 6.54 Å². The van der Waals surface area contributed by atoms with Gasteiger partial charge >= 0.3 is 0 Å². The minimum Gasteiger partial charge on any atom is -0.346 e. The summed E-state index contributed by atoms with van der Waals surface area (Å²) in [6.07, 6.45) is 9.71. The highest BCUT2D eigenvalue weighted by atomic mass is 16.2. The van der Waals surface area contributed by atoms with Crippen LogP contribution in [0.4, 0.5) is 0 Å². The molecule has 6 heteroatoms. The van der Waals surface area contributed by atoms with Crippen LogP contribution in [0.1, 0.15) is 55.1 Å². The average Bonchev–Trinajstić information content (AvgIpc) is 3.52. The number of aryl methyl sites for hydroxylation is 1. The molecular formula is C23H34N4O2. The molecule has 0 N–H and O–H groups in total. The van der Waals surface area contributed by atoms with Gasteiger partial charge in [0.15, 0.2) is 0 Å². The van der Waals surface area contributed by atoms with Gasteiger partial charge in [-0.1, -0.05) is 0 Å². The van der Waals surface area contributed by atoms with E-state index in [1.165, 1.54) is 30.7 Å². The number of rotatable bonds is 5. The Kier molecular flexibility index (Phi) is 6.09. The normalized spacial score (nSPS) is 21.2. The number of carbonyl (C=O) groups is 2. The molecule has 1 aromatic heterocycles. The Morgan fingerprint density at radius 1 is 0.966 bits per heavy atom. The maximum Gasteiger partial charge on any atom is 0.246 e. The topological polar surface area (TPSA) is 48.8 Å². The van der Waals surface area contributed by atoms with Gasteiger partial charge in [0, 0.05) is 62.8 Å². The molecule has 3 heterocycles. The van der Waals surface area contributed by atoms with Gasteiger partial charge in [-0.2, -0.15) is 0 Å². The molecule has 0 bridgehead atoms. The highest BCUT2D eigenvalue weighted by molar-refractivity contribution is 5.92. The fourth-order valence-corrected chi connectivity index (χ4v) is 4.69. The van der Waals surface area contributed by atoms with Crippen LogP contribution in [0, 0.1) is 13.8 Å². The van der Waals surface area contributed by atoms with Crippen LogP contribution >= 0.6 is 0 Å². The Balaban J connectivity index is 1.26. The Morgan fingerprint density at radius 2 is 1.66 bits per heavy atom. The molecule has 3 fully saturated rings. The largest absolute Gasteiger partial charge is 0.346 e. The molecule has 2 aliphatic heterocycles. The third-order valence-electron chi connectivity index (χ3n) is 6.59. The number of piperidine rings is 1. The number of amides is 2. The Bertz CT molecular complexity index is 779. The van der Waals surface area contributed by atoms with Gasteiger partial charge in [-0.15, -0.1) is 0 Å². The summed E-state index contributed by atoms with van der Waals surface area (Å²) < 4.78 is 2.41. The van der Waals surface area contributed by atoms with Crippen LogP contribution in [-0.2, 0) is 9.59 Å². The predicted octanol–water partition coefficient (Wildman–Crippen LogP) is 2.61. The molecule has 0 radical (unpaired) electrons. The monoisotopic (exact) mass is 398 g/mol. The lowest BCUT2D eigenvalue weighted by atomic mass is 10.1. The maximum atomic E-state index is 12.6. The smallest absolute Gasteiger partial charge is 0.246 e. The minimum atomic E-state index is 0.0724. The van der Waals surface area contributed by atoms with Crippen molar-refractivity contribution in [1.82, 2.24) is 19.3 Å². The molecule has 0 spiro atoms. The van der Waals surface area contributed by atoms with Crippen molar-refractivity contribution in [1.29, 1.82) is 0 Å². The average molecular weight is 399 g/mol. The third kappa shape index (κ3) is 4.74. The number of hydrogen-bond acceptors (Lipinski definition) is 3. The third-order valence-corrected chi connectivity index (χ3v) is 6.59. The van der Waals surface area contributed by atoms with E-state index in [1.807, 2.05) is 15.9 Å². The molecule has 1 aliphatic carbocycles. The van der Waals surface area contributed by atoms with Crippen molar-refractivity contribution < 1.29 is 9.59 Å². The van der Waals surface area contributed by atoms with E-state index in [0.29, 0.717) is 25.7 Å². The molecule has 2 amide bonds. The summed E-state index contributed by atoms with van der Waals surface area (Å²) in [6, 6.07) is 2.84. The fourth-order valence-electron chi connectivity index (χ4n) is 4.69. The van der Waals surface area contributed by atoms with E-state index in [9.17, 15) is 9.59 Å². The molecule has 0 atom stereocenters. The molecular weight excluding hydrogens is 364 g/mol. The van der Waals surface area contributed by atoms with Crippen LogP contribution in [0.15, 0.2) is 12.1 Å². The first kappa shape index (κ1) is 20.2. The molecule has 1 aromatic rings. The lowest BCUT2D eigenvalue weighted by Crippen LogP contribution is -2.51. The summed E-state index contributed by atoms with van der Waals surface area (Å²) in [5.41, 5.74) is 3.69. The summed E-state index contributed by atoms with van der Waals surface area (Å²) in [6.45, 7) is 9.53. The standard InChI is InChI=1S/C23H34N4O2/c1-18-16-20(19(2)27(18)21-7-8-21)6-9-22(28)26-14-12-24(13-15-26)17-23(29)25-10-4-3-5-11-25/h6,9,16,21H,3-5,7-8,10-15,17H2,1-2H3. The molecule has 29 heavy (non-hydrogen) atoms. The number of likely N-dealkylation sites (tertiary alicyclic amines) is 1. The van der Waals surface area contributed by atoms with Crippen molar-refractivity contribution in [2.24, 2.45) is 0 Å². The zero-order valence-electron chi connectivity index (χ0n) is 17.9. The zero-order valence-corrected chi connectivity index (χ0v) is 17.9. The maximum absolute atomic E-state index is 12.6. The SMILES string of the molecule is Cc1cc(C=CC(=O)N2CCN(CC(=O)N3CCCCC3)CC2)c(C)n1C1CC1. The summed E-state index contributed by atoms with van der Waals surface area (Å²) in [7, 11) is 0. The van der Waals surface area contributed by atoms with Crippen molar-refractivity contribution in [3.05, 3.63) is 29.1 Å². The lowest BCUT2D eigenvalue weighted by Gasteiger charge is -2.35. The molecule has 4 rings (SSSR count). The van der Waals surface area contributed by atoms with E-state index in [0.717, 1.165) is 44.6 Å². The summed E-state index contributed by atoms with van der Waals surface area (Å²) in [4.78, 5) is 31.2. The number of carbonyl (C=O) groups excluding carboxylic acids is 2. The van der Waals surface area contributed by atoms with Crippen molar-refractivity contribution in [3.8, 4) is 0 Å². The second-order valence-electron chi connectivity index (χ2n) is 8.80. The van der Waals surface area contributed by atoms with Crippen molar-refractivity contribution in [2.75, 3.05) is 45.8 Å². The minimum absolute atomic E-state index is 0.0724. The Labute approximate surface area is 174 Å². The van der Waals surface area contributed by atoms with Crippen LogP contribution in [-0.4, -0.2) is 76.9 Å². The fraction of sp³-hybridized carbons (Fsp3) is 0.652. The highest BCUT2D eigenvalue weighted by Crippen LogP contribution is 2.38. The number of hydrogen-bond donors (Lipinski definition) is 0. The number of aromatic nitrogens is 1. The summed E-state index contributed by atoms with van der Waals surface area (Å²) in [5.74, 6) is 0.318. The summed E-state index contributed by atoms with van der Waals surface area (Å²) >= 11 is 0. The predicted molar refractivity (Wildman–Crippen MR) is 115 cm³/mol. The molecule has 6 nitrogen and oxygen atoms in total. The van der Waals surface area contributed by atoms with Crippen LogP contribution in [0.5, 0.6) is 0 Å². The molecule has 1 saturated carbocycles. The van der Waals surface area contributed by atoms with Crippen LogP contribution < -0.4 is 0 Å². The highest BCUT2D eigenvalue weighted by Gasteiger charge is 2.27. The van der Waals surface area contributed by atoms with E-state index in [2.05, 4.69) is 29.4 Å². The second-order valence-corrected chi connectivity index (χ2v) is 8.80. The van der Waals surface area contributed by atoms with Gasteiger partial charge in [0.2, 0.25) is 11.8 Å². The van der Waals surface area contributed by atoms with E-state index < -0.39 is 0 Å². The molecule has 2 saturated heterocycles. The van der Waals surface area contributed by atoms with Crippen molar-refractivity contribution in [3.63, 3.8) is 0 Å². The quantitative estimate of drug-likeness (QED) is 0.717. The van der Waals surface area contributed by atoms with Crippen molar-refractivity contribution in [2.45, 2.75) is 52.0 Å². The molecule has 0 aromatic carbocycles. The molecule has 158 valence electrons. The van der Waals surface area contributed by atoms with E-state index in [-0.39, 0.29) is 11.8 Å². The van der Waals surface area contributed by atoms with Crippen LogP contribution in [0.25, 0.3) is 6.08 Å². The Hall–Kier alpha value is -2.08. The summed E-state index contributed by atoms with van der Waals surface area (Å²) in [5, 5.41) is 0. The van der Waals surface area contributed by atoms with E-state index in [1.54, 1.807) is 6.08 Å². The van der Waals surface area contributed by atoms with Crippen LogP contribution in [0.2, 0.25) is 0 Å². The van der Waals surface area contributed by atoms with Gasteiger partial charge in [0.1, 0.15) is 0 Å². The second kappa shape index (κ2) is 8.74. The van der Waals surface area contributed by atoms with Gasteiger partial charge in [0.25, 0.3) is 0 Å². The van der Waals surface area contributed by atoms with Gasteiger partial charge in [-0.25, -0.2) is 0 Å². The first-order valence-electron chi connectivity index (χ1n) is 11.2. The van der Waals surface area contributed by atoms with E-state index >= 15 is 0 Å². The van der Waals surface area contributed by atoms with Gasteiger partial charge in [-0.05, 0) is 63.7 Å².